The molecule has 3 aromatic rings. The molecule has 0 unspecified atom stereocenters. The Labute approximate surface area is 230 Å². The Kier molecular flexibility index (Phi) is 8.33. The molecule has 0 spiro atoms. The molecule has 1 saturated carbocycles. The number of carbonyl (C=O) groups is 1. The van der Waals surface area contributed by atoms with Crippen LogP contribution in [0.2, 0.25) is 0 Å². The maximum absolute atomic E-state index is 13.7. The highest BCUT2D eigenvalue weighted by molar-refractivity contribution is 7.93. The van der Waals surface area contributed by atoms with Gasteiger partial charge in [-0.1, -0.05) is 0 Å². The molecule has 208 valence electrons. The lowest BCUT2D eigenvalue weighted by Crippen LogP contribution is -2.33. The molecule has 1 saturated heterocycles. The number of halogens is 1. The molecule has 14 heteroatoms. The van der Waals surface area contributed by atoms with Gasteiger partial charge in [0.1, 0.15) is 11.9 Å². The van der Waals surface area contributed by atoms with Crippen LogP contribution in [0.25, 0.3) is 10.6 Å². The lowest BCUT2D eigenvalue weighted by atomic mass is 10.1. The van der Waals surface area contributed by atoms with Crippen LogP contribution in [0.4, 0.5) is 10.1 Å². The number of likely N-dealkylation sites (tertiary alicyclic amines) is 1. The SMILES string of the molecule is CCOc1cncc(-c2cnc(C(=O)N[C@H](CCN3CC[C@H](F)C3)c3cc(NS(=O)(=O)C4CC4)ccn3)s2)n1. The van der Waals surface area contributed by atoms with E-state index in [1.165, 1.54) is 23.7 Å². The van der Waals surface area contributed by atoms with E-state index in [1.54, 1.807) is 24.5 Å². The fraction of sp³-hybridized carbons (Fsp3) is 0.480. The first-order valence-corrected chi connectivity index (χ1v) is 15.2. The first-order valence-electron chi connectivity index (χ1n) is 12.9. The normalized spacial score (nSPS) is 18.6. The minimum Gasteiger partial charge on any atom is -0.477 e. The van der Waals surface area contributed by atoms with Gasteiger partial charge in [-0.3, -0.25) is 19.5 Å². The van der Waals surface area contributed by atoms with Crippen LogP contribution in [-0.4, -0.2) is 76.8 Å². The van der Waals surface area contributed by atoms with Gasteiger partial charge in [0.25, 0.3) is 5.91 Å². The number of ether oxygens (including phenoxy) is 1. The van der Waals surface area contributed by atoms with E-state index in [4.69, 9.17) is 4.74 Å². The van der Waals surface area contributed by atoms with Gasteiger partial charge in [-0.2, -0.15) is 0 Å². The number of amides is 1. The number of hydrogen-bond acceptors (Lipinski definition) is 10. The van der Waals surface area contributed by atoms with Gasteiger partial charge in [0.2, 0.25) is 15.9 Å². The molecule has 39 heavy (non-hydrogen) atoms. The standard InChI is InChI=1S/C25H30FN7O4S2/c1-2-37-23-14-27-12-21(30-23)22-13-29-25(38-22)24(34)31-19(7-10-33-9-6-16(26)15-33)20-11-17(5-8-28-20)32-39(35,36)18-3-4-18/h5,8,11-14,16,18-19H,2-4,6-7,9-10,15H2,1H3,(H,28,32)(H,31,34)/t16-,19+/m0/s1. The first kappa shape index (κ1) is 27.3. The lowest BCUT2D eigenvalue weighted by molar-refractivity contribution is 0.0930. The second kappa shape index (κ2) is 11.9. The number of sulfonamides is 1. The van der Waals surface area contributed by atoms with Gasteiger partial charge in [-0.05, 0) is 44.7 Å². The molecule has 11 nitrogen and oxygen atoms in total. The molecular weight excluding hydrogens is 545 g/mol. The van der Waals surface area contributed by atoms with E-state index in [2.05, 4.69) is 30.0 Å². The van der Waals surface area contributed by atoms with Crippen molar-refractivity contribution in [2.45, 2.75) is 50.1 Å². The van der Waals surface area contributed by atoms with Crippen LogP contribution in [0.5, 0.6) is 5.88 Å². The second-order valence-corrected chi connectivity index (χ2v) is 12.5. The van der Waals surface area contributed by atoms with Crippen molar-refractivity contribution in [3.05, 3.63) is 47.6 Å². The lowest BCUT2D eigenvalue weighted by Gasteiger charge is -2.22. The Bertz CT molecular complexity index is 1420. The smallest absolute Gasteiger partial charge is 0.280 e. The Morgan fingerprint density at radius 1 is 1.26 bits per heavy atom. The summed E-state index contributed by atoms with van der Waals surface area (Å²) in [6.45, 7) is 3.86. The maximum Gasteiger partial charge on any atom is 0.280 e. The van der Waals surface area contributed by atoms with Gasteiger partial charge in [-0.15, -0.1) is 11.3 Å². The van der Waals surface area contributed by atoms with E-state index < -0.39 is 28.1 Å². The molecule has 2 fully saturated rings. The zero-order valence-corrected chi connectivity index (χ0v) is 23.0. The molecular formula is C25H30FN7O4S2. The van der Waals surface area contributed by atoms with Crippen molar-refractivity contribution in [3.8, 4) is 16.5 Å². The molecule has 3 aromatic heterocycles. The summed E-state index contributed by atoms with van der Waals surface area (Å²) in [6.07, 6.45) is 7.56. The Morgan fingerprint density at radius 3 is 2.85 bits per heavy atom. The number of anilines is 1. The minimum atomic E-state index is -3.45. The summed E-state index contributed by atoms with van der Waals surface area (Å²) in [7, 11) is -3.45. The van der Waals surface area contributed by atoms with E-state index >= 15 is 0 Å². The second-order valence-electron chi connectivity index (χ2n) is 9.52. The third-order valence-corrected chi connectivity index (χ3v) is 9.36. The number of thiazole rings is 1. The number of nitrogens with zero attached hydrogens (tertiary/aromatic N) is 5. The summed E-state index contributed by atoms with van der Waals surface area (Å²) in [5.41, 5.74) is 1.43. The predicted molar refractivity (Wildman–Crippen MR) is 145 cm³/mol. The summed E-state index contributed by atoms with van der Waals surface area (Å²) < 4.78 is 46.7. The van der Waals surface area contributed by atoms with Gasteiger partial charge >= 0.3 is 0 Å². The monoisotopic (exact) mass is 575 g/mol. The van der Waals surface area contributed by atoms with E-state index in [0.29, 0.717) is 79.8 Å². The van der Waals surface area contributed by atoms with Crippen LogP contribution in [0, 0.1) is 0 Å². The van der Waals surface area contributed by atoms with E-state index in [1.807, 2.05) is 11.8 Å². The molecule has 1 aliphatic heterocycles. The van der Waals surface area contributed by atoms with Crippen LogP contribution in [0.1, 0.15) is 54.1 Å². The fourth-order valence-corrected chi connectivity index (χ4v) is 6.48. The highest BCUT2D eigenvalue weighted by Crippen LogP contribution is 2.31. The molecule has 5 rings (SSSR count). The number of rotatable bonds is 12. The average Bonchev–Trinajstić information content (AvgIpc) is 3.53. The topological polar surface area (TPSA) is 139 Å². The number of nitrogens with one attached hydrogen (secondary N) is 2. The largest absolute Gasteiger partial charge is 0.477 e. The molecule has 0 radical (unpaired) electrons. The van der Waals surface area contributed by atoms with Crippen molar-refractivity contribution in [1.82, 2.24) is 30.2 Å². The van der Waals surface area contributed by atoms with E-state index in [0.717, 1.165) is 0 Å². The number of carbonyl (C=O) groups excluding carboxylic acids is 1. The van der Waals surface area contributed by atoms with Crippen molar-refractivity contribution >= 4 is 33.0 Å². The van der Waals surface area contributed by atoms with Crippen molar-refractivity contribution in [2.24, 2.45) is 0 Å². The molecule has 2 atom stereocenters. The summed E-state index contributed by atoms with van der Waals surface area (Å²) >= 11 is 1.17. The van der Waals surface area contributed by atoms with Crippen molar-refractivity contribution in [3.63, 3.8) is 0 Å². The van der Waals surface area contributed by atoms with Crippen LogP contribution in [0.3, 0.4) is 0 Å². The van der Waals surface area contributed by atoms with Crippen molar-refractivity contribution in [2.75, 3.05) is 31.0 Å². The van der Waals surface area contributed by atoms with Crippen molar-refractivity contribution in [1.29, 1.82) is 0 Å². The molecule has 2 aliphatic rings. The predicted octanol–water partition coefficient (Wildman–Crippen LogP) is 3.20. The zero-order chi connectivity index (χ0) is 27.4. The third kappa shape index (κ3) is 7.05. The Balaban J connectivity index is 1.33. The van der Waals surface area contributed by atoms with E-state index in [9.17, 15) is 17.6 Å². The summed E-state index contributed by atoms with van der Waals surface area (Å²) in [6, 6.07) is 2.67. The molecule has 0 aromatic carbocycles. The molecule has 4 heterocycles. The van der Waals surface area contributed by atoms with Gasteiger partial charge in [0.15, 0.2) is 5.01 Å². The van der Waals surface area contributed by atoms with Crippen LogP contribution in [0.15, 0.2) is 36.9 Å². The van der Waals surface area contributed by atoms with E-state index in [-0.39, 0.29) is 10.3 Å². The Morgan fingerprint density at radius 2 is 2.10 bits per heavy atom. The minimum absolute atomic E-state index is 0.231. The molecule has 2 N–H and O–H groups in total. The highest BCUT2D eigenvalue weighted by atomic mass is 32.2. The van der Waals surface area contributed by atoms with Crippen LogP contribution in [-0.2, 0) is 10.0 Å². The average molecular weight is 576 g/mol. The van der Waals surface area contributed by atoms with Crippen LogP contribution < -0.4 is 14.8 Å². The van der Waals surface area contributed by atoms with Crippen LogP contribution >= 0.6 is 11.3 Å². The Hall–Kier alpha value is -3.23. The quantitative estimate of drug-likeness (QED) is 0.333. The number of pyridine rings is 1. The maximum atomic E-state index is 13.7. The zero-order valence-electron chi connectivity index (χ0n) is 21.4. The summed E-state index contributed by atoms with van der Waals surface area (Å²) in [5, 5.41) is 2.86. The van der Waals surface area contributed by atoms with Gasteiger partial charge < -0.3 is 15.0 Å². The van der Waals surface area contributed by atoms with Gasteiger partial charge in [-0.25, -0.2) is 22.8 Å². The van der Waals surface area contributed by atoms with Gasteiger partial charge in [0, 0.05) is 32.0 Å². The molecule has 0 bridgehead atoms. The van der Waals surface area contributed by atoms with Crippen molar-refractivity contribution < 1.29 is 22.3 Å². The highest BCUT2D eigenvalue weighted by Gasteiger charge is 2.36. The summed E-state index contributed by atoms with van der Waals surface area (Å²) in [5.74, 6) is -0.0177. The van der Waals surface area contributed by atoms with Gasteiger partial charge in [0.05, 0.1) is 46.6 Å². The molecule has 1 amide bonds. The third-order valence-electron chi connectivity index (χ3n) is 6.47. The number of hydrogen-bond donors (Lipinski definition) is 2. The number of alkyl halides is 1. The summed E-state index contributed by atoms with van der Waals surface area (Å²) in [4.78, 5) is 33.2. The fourth-order valence-electron chi connectivity index (χ4n) is 4.32. The molecule has 1 aliphatic carbocycles. The number of aromatic nitrogens is 4. The first-order chi connectivity index (χ1) is 18.8.